The summed E-state index contributed by atoms with van der Waals surface area (Å²) < 4.78 is 0. The first-order chi connectivity index (χ1) is 6.17. The first kappa shape index (κ1) is 10.3. The highest BCUT2D eigenvalue weighted by Gasteiger charge is 2.02. The summed E-state index contributed by atoms with van der Waals surface area (Å²) in [4.78, 5) is 6.52. The van der Waals surface area contributed by atoms with Crippen LogP contribution in [0, 0.1) is 6.92 Å². The zero-order chi connectivity index (χ0) is 9.84. The lowest BCUT2D eigenvalue weighted by molar-refractivity contribution is 0.927. The van der Waals surface area contributed by atoms with Gasteiger partial charge in [-0.05, 0) is 31.5 Å². The molecule has 0 amide bonds. The van der Waals surface area contributed by atoms with Crippen molar-refractivity contribution in [2.24, 2.45) is 0 Å². The van der Waals surface area contributed by atoms with Crippen LogP contribution in [0.3, 0.4) is 0 Å². The van der Waals surface area contributed by atoms with E-state index in [-0.39, 0.29) is 0 Å². The van der Waals surface area contributed by atoms with Gasteiger partial charge in [0.25, 0.3) is 0 Å². The van der Waals surface area contributed by atoms with E-state index < -0.39 is 0 Å². The van der Waals surface area contributed by atoms with Crippen molar-refractivity contribution in [3.8, 4) is 0 Å². The van der Waals surface area contributed by atoms with Gasteiger partial charge in [-0.25, -0.2) is 4.98 Å². The Morgan fingerprint density at radius 1 is 1.46 bits per heavy atom. The molecular formula is C10H15ClN2. The van der Waals surface area contributed by atoms with Crippen molar-refractivity contribution >= 4 is 17.4 Å². The first-order valence-corrected chi connectivity index (χ1v) is 4.95. The molecule has 1 aromatic rings. The van der Waals surface area contributed by atoms with Crippen LogP contribution in [0.4, 0.5) is 5.82 Å². The standard InChI is InChI=1S/C10H15ClN2/c1-4-13(3)10-6-9(7-11)5-8(2)12-10/h5-6H,4,7H2,1-3H3. The Balaban J connectivity index is 3.01. The summed E-state index contributed by atoms with van der Waals surface area (Å²) in [6.45, 7) is 5.05. The van der Waals surface area contributed by atoms with E-state index in [0.717, 1.165) is 23.6 Å². The van der Waals surface area contributed by atoms with Crippen molar-refractivity contribution in [1.82, 2.24) is 4.98 Å². The molecule has 1 aromatic heterocycles. The molecule has 0 radical (unpaired) electrons. The Bertz CT molecular complexity index is 286. The Labute approximate surface area is 84.5 Å². The number of hydrogen-bond acceptors (Lipinski definition) is 2. The molecule has 0 aliphatic heterocycles. The van der Waals surface area contributed by atoms with Gasteiger partial charge in [0, 0.05) is 25.2 Å². The second-order valence-corrected chi connectivity index (χ2v) is 3.39. The predicted molar refractivity (Wildman–Crippen MR) is 57.5 cm³/mol. The van der Waals surface area contributed by atoms with Gasteiger partial charge >= 0.3 is 0 Å². The van der Waals surface area contributed by atoms with Crippen LogP contribution >= 0.6 is 11.6 Å². The molecule has 1 heterocycles. The second kappa shape index (κ2) is 4.47. The third-order valence-electron chi connectivity index (χ3n) is 2.02. The molecule has 0 aliphatic rings. The first-order valence-electron chi connectivity index (χ1n) is 4.42. The topological polar surface area (TPSA) is 16.1 Å². The summed E-state index contributed by atoms with van der Waals surface area (Å²) in [5.74, 6) is 1.55. The van der Waals surface area contributed by atoms with Crippen molar-refractivity contribution in [3.05, 3.63) is 23.4 Å². The Hall–Kier alpha value is -0.760. The Kier molecular flexibility index (Phi) is 3.55. The SMILES string of the molecule is CCN(C)c1cc(CCl)cc(C)n1. The zero-order valence-electron chi connectivity index (χ0n) is 8.34. The molecule has 0 saturated heterocycles. The van der Waals surface area contributed by atoms with E-state index >= 15 is 0 Å². The van der Waals surface area contributed by atoms with Crippen LogP contribution in [0.15, 0.2) is 12.1 Å². The highest BCUT2D eigenvalue weighted by molar-refractivity contribution is 6.17. The molecule has 2 nitrogen and oxygen atoms in total. The van der Waals surface area contributed by atoms with Gasteiger partial charge < -0.3 is 4.90 Å². The van der Waals surface area contributed by atoms with Crippen LogP contribution in [0.5, 0.6) is 0 Å². The van der Waals surface area contributed by atoms with Gasteiger partial charge in [0.15, 0.2) is 0 Å². The molecule has 0 spiro atoms. The van der Waals surface area contributed by atoms with Gasteiger partial charge in [0.05, 0.1) is 0 Å². The summed E-state index contributed by atoms with van der Waals surface area (Å²) in [5.41, 5.74) is 2.15. The number of halogens is 1. The quantitative estimate of drug-likeness (QED) is 0.695. The summed E-state index contributed by atoms with van der Waals surface area (Å²) >= 11 is 5.77. The lowest BCUT2D eigenvalue weighted by atomic mass is 10.2. The van der Waals surface area contributed by atoms with Crippen molar-refractivity contribution in [1.29, 1.82) is 0 Å². The van der Waals surface area contributed by atoms with Crippen LogP contribution in [0.25, 0.3) is 0 Å². The molecule has 3 heteroatoms. The maximum Gasteiger partial charge on any atom is 0.128 e. The van der Waals surface area contributed by atoms with E-state index in [1.54, 1.807) is 0 Å². The van der Waals surface area contributed by atoms with Gasteiger partial charge in [-0.2, -0.15) is 0 Å². The van der Waals surface area contributed by atoms with Crippen LogP contribution in [-0.4, -0.2) is 18.6 Å². The Morgan fingerprint density at radius 2 is 2.15 bits per heavy atom. The molecule has 0 atom stereocenters. The van der Waals surface area contributed by atoms with Gasteiger partial charge in [0.2, 0.25) is 0 Å². The van der Waals surface area contributed by atoms with Gasteiger partial charge in [0.1, 0.15) is 5.82 Å². The van der Waals surface area contributed by atoms with Crippen LogP contribution in [0.2, 0.25) is 0 Å². The summed E-state index contributed by atoms with van der Waals surface area (Å²) in [6.07, 6.45) is 0. The van der Waals surface area contributed by atoms with Crippen molar-refractivity contribution in [2.45, 2.75) is 19.7 Å². The maximum absolute atomic E-state index is 5.77. The monoisotopic (exact) mass is 198 g/mol. The number of aryl methyl sites for hydroxylation is 1. The highest BCUT2D eigenvalue weighted by atomic mass is 35.5. The minimum atomic E-state index is 0.550. The molecule has 13 heavy (non-hydrogen) atoms. The summed E-state index contributed by atoms with van der Waals surface area (Å²) in [7, 11) is 2.03. The largest absolute Gasteiger partial charge is 0.360 e. The second-order valence-electron chi connectivity index (χ2n) is 3.12. The number of pyridine rings is 1. The zero-order valence-corrected chi connectivity index (χ0v) is 9.10. The third kappa shape index (κ3) is 2.59. The summed E-state index contributed by atoms with van der Waals surface area (Å²) in [5, 5.41) is 0. The molecule has 0 N–H and O–H groups in total. The molecule has 0 bridgehead atoms. The minimum Gasteiger partial charge on any atom is -0.360 e. The smallest absolute Gasteiger partial charge is 0.128 e. The van der Waals surface area contributed by atoms with Gasteiger partial charge in [-0.1, -0.05) is 0 Å². The number of hydrogen-bond donors (Lipinski definition) is 0. The van der Waals surface area contributed by atoms with Crippen LogP contribution in [0.1, 0.15) is 18.2 Å². The maximum atomic E-state index is 5.77. The fourth-order valence-corrected chi connectivity index (χ4v) is 1.31. The van der Waals surface area contributed by atoms with Crippen LogP contribution in [-0.2, 0) is 5.88 Å². The number of rotatable bonds is 3. The van der Waals surface area contributed by atoms with E-state index in [1.807, 2.05) is 26.1 Å². The van der Waals surface area contributed by atoms with E-state index in [0.29, 0.717) is 5.88 Å². The highest BCUT2D eigenvalue weighted by Crippen LogP contribution is 2.14. The fourth-order valence-electron chi connectivity index (χ4n) is 1.16. The summed E-state index contributed by atoms with van der Waals surface area (Å²) in [6, 6.07) is 4.05. The number of anilines is 1. The molecule has 0 unspecified atom stereocenters. The minimum absolute atomic E-state index is 0.550. The number of nitrogens with zero attached hydrogens (tertiary/aromatic N) is 2. The molecular weight excluding hydrogens is 184 g/mol. The number of aromatic nitrogens is 1. The molecule has 0 aromatic carbocycles. The van der Waals surface area contributed by atoms with Gasteiger partial charge in [-0.3, -0.25) is 0 Å². The van der Waals surface area contributed by atoms with Crippen molar-refractivity contribution in [2.75, 3.05) is 18.5 Å². The molecule has 0 fully saturated rings. The molecule has 1 rings (SSSR count). The van der Waals surface area contributed by atoms with Crippen molar-refractivity contribution < 1.29 is 0 Å². The fraction of sp³-hybridized carbons (Fsp3) is 0.500. The lowest BCUT2D eigenvalue weighted by Crippen LogP contribution is -2.17. The normalized spacial score (nSPS) is 10.2. The average molecular weight is 199 g/mol. The van der Waals surface area contributed by atoms with E-state index in [9.17, 15) is 0 Å². The predicted octanol–water partition coefficient (Wildman–Crippen LogP) is 2.58. The van der Waals surface area contributed by atoms with E-state index in [2.05, 4.69) is 16.8 Å². The Morgan fingerprint density at radius 3 is 2.69 bits per heavy atom. The third-order valence-corrected chi connectivity index (χ3v) is 2.33. The van der Waals surface area contributed by atoms with E-state index in [1.165, 1.54) is 0 Å². The number of alkyl halides is 1. The van der Waals surface area contributed by atoms with E-state index in [4.69, 9.17) is 11.6 Å². The van der Waals surface area contributed by atoms with Crippen molar-refractivity contribution in [3.63, 3.8) is 0 Å². The molecule has 72 valence electrons. The average Bonchev–Trinajstić information content (AvgIpc) is 2.15. The van der Waals surface area contributed by atoms with Crippen LogP contribution < -0.4 is 4.90 Å². The van der Waals surface area contributed by atoms with Gasteiger partial charge in [-0.15, -0.1) is 11.6 Å². The molecule has 0 saturated carbocycles. The lowest BCUT2D eigenvalue weighted by Gasteiger charge is -2.16. The molecule has 0 aliphatic carbocycles.